The number of benzene rings is 4. The van der Waals surface area contributed by atoms with Crippen LogP contribution in [-0.4, -0.2) is 25.5 Å². The minimum atomic E-state index is -0.475. The Kier molecular flexibility index (Phi) is 8.62. The minimum absolute atomic E-state index is 0.0823. The van der Waals surface area contributed by atoms with E-state index >= 15 is 0 Å². The fourth-order valence-electron chi connectivity index (χ4n) is 3.42. The third-order valence-electron chi connectivity index (χ3n) is 5.18. The van der Waals surface area contributed by atoms with Crippen LogP contribution < -0.4 is 20.1 Å². The van der Waals surface area contributed by atoms with Gasteiger partial charge in [-0.2, -0.15) is 0 Å². The molecule has 0 aliphatic rings. The number of rotatable bonds is 10. The van der Waals surface area contributed by atoms with Gasteiger partial charge in [0.2, 0.25) is 5.91 Å². The van der Waals surface area contributed by atoms with E-state index < -0.39 is 5.25 Å². The summed E-state index contributed by atoms with van der Waals surface area (Å²) in [7, 11) is 1.59. The number of hydrogen-bond donors (Lipinski definition) is 2. The van der Waals surface area contributed by atoms with E-state index in [1.165, 1.54) is 11.8 Å². The maximum Gasteiger partial charge on any atom is 0.262 e. The van der Waals surface area contributed by atoms with Crippen molar-refractivity contribution in [3.63, 3.8) is 0 Å². The zero-order chi connectivity index (χ0) is 25.2. The van der Waals surface area contributed by atoms with E-state index in [1.54, 1.807) is 25.3 Å². The molecule has 1 unspecified atom stereocenters. The highest BCUT2D eigenvalue weighted by atomic mass is 32.2. The Hall–Kier alpha value is -4.23. The number of thioether (sulfide) groups is 1. The number of carbonyl (C=O) groups is 2. The summed E-state index contributed by atoms with van der Waals surface area (Å²) in [4.78, 5) is 26.4. The Labute approximate surface area is 214 Å². The van der Waals surface area contributed by atoms with Crippen molar-refractivity contribution in [2.24, 2.45) is 0 Å². The maximum atomic E-state index is 13.3. The second-order valence-corrected chi connectivity index (χ2v) is 8.98. The number of para-hydroxylation sites is 1. The molecule has 2 amide bonds. The molecule has 7 heteroatoms. The molecule has 0 fully saturated rings. The van der Waals surface area contributed by atoms with Gasteiger partial charge in [0.1, 0.15) is 16.7 Å². The fourth-order valence-corrected chi connectivity index (χ4v) is 4.45. The minimum Gasteiger partial charge on any atom is -0.497 e. The van der Waals surface area contributed by atoms with Gasteiger partial charge < -0.3 is 20.1 Å². The summed E-state index contributed by atoms with van der Waals surface area (Å²) in [5.74, 6) is 0.913. The summed E-state index contributed by atoms with van der Waals surface area (Å²) in [6.45, 7) is -0.0823. The molecule has 4 rings (SSSR count). The van der Waals surface area contributed by atoms with E-state index in [0.29, 0.717) is 22.9 Å². The van der Waals surface area contributed by atoms with Gasteiger partial charge in [-0.3, -0.25) is 9.59 Å². The van der Waals surface area contributed by atoms with Gasteiger partial charge in [-0.1, -0.05) is 54.6 Å². The first-order valence-electron chi connectivity index (χ1n) is 11.3. The summed E-state index contributed by atoms with van der Waals surface area (Å²) in [6.07, 6.45) is 0. The number of methoxy groups -OCH3 is 1. The van der Waals surface area contributed by atoms with Crippen LogP contribution in [0.25, 0.3) is 0 Å². The van der Waals surface area contributed by atoms with Crippen LogP contribution in [0, 0.1) is 0 Å². The highest BCUT2D eigenvalue weighted by Crippen LogP contribution is 2.37. The standard InChI is InChI=1S/C29H26N2O4S/c1-34-25-14-8-11-23(19-25)31-29(33)28(21-9-4-2-5-10-21)36-26-17-15-22(16-18-26)30-27(32)20-35-24-12-6-3-7-13-24/h2-19,28H,20H2,1H3,(H,30,32)(H,31,33). The molecule has 0 bridgehead atoms. The molecular formula is C29H26N2O4S. The third-order valence-corrected chi connectivity index (χ3v) is 6.45. The Morgan fingerprint density at radius 1 is 0.750 bits per heavy atom. The van der Waals surface area contributed by atoms with Gasteiger partial charge in [-0.25, -0.2) is 0 Å². The lowest BCUT2D eigenvalue weighted by Gasteiger charge is -2.18. The summed E-state index contributed by atoms with van der Waals surface area (Å²) in [5, 5.41) is 5.34. The molecule has 0 heterocycles. The van der Waals surface area contributed by atoms with E-state index in [9.17, 15) is 9.59 Å². The van der Waals surface area contributed by atoms with Crippen molar-refractivity contribution in [3.8, 4) is 11.5 Å². The topological polar surface area (TPSA) is 76.7 Å². The number of ether oxygens (including phenoxy) is 2. The van der Waals surface area contributed by atoms with Gasteiger partial charge in [0.15, 0.2) is 6.61 Å². The van der Waals surface area contributed by atoms with Crippen LogP contribution in [0.5, 0.6) is 11.5 Å². The van der Waals surface area contributed by atoms with E-state index in [1.807, 2.05) is 91.0 Å². The van der Waals surface area contributed by atoms with Gasteiger partial charge in [0.25, 0.3) is 5.91 Å². The molecule has 0 aromatic heterocycles. The molecule has 0 radical (unpaired) electrons. The van der Waals surface area contributed by atoms with E-state index in [-0.39, 0.29) is 18.4 Å². The lowest BCUT2D eigenvalue weighted by atomic mass is 10.1. The van der Waals surface area contributed by atoms with Crippen LogP contribution >= 0.6 is 11.8 Å². The highest BCUT2D eigenvalue weighted by molar-refractivity contribution is 8.00. The fraction of sp³-hybridized carbons (Fsp3) is 0.103. The molecule has 2 N–H and O–H groups in total. The molecule has 182 valence electrons. The summed E-state index contributed by atoms with van der Waals surface area (Å²) < 4.78 is 10.7. The van der Waals surface area contributed by atoms with Crippen LogP contribution in [0.4, 0.5) is 11.4 Å². The molecule has 1 atom stereocenters. The first kappa shape index (κ1) is 24.9. The molecule has 36 heavy (non-hydrogen) atoms. The molecule has 0 aliphatic heterocycles. The molecule has 0 saturated heterocycles. The second kappa shape index (κ2) is 12.5. The third kappa shape index (κ3) is 7.13. The smallest absolute Gasteiger partial charge is 0.262 e. The van der Waals surface area contributed by atoms with Crippen molar-refractivity contribution in [3.05, 3.63) is 115 Å². The Balaban J connectivity index is 1.41. The maximum absolute atomic E-state index is 13.3. The summed E-state index contributed by atoms with van der Waals surface area (Å²) in [5.41, 5.74) is 2.20. The van der Waals surface area contributed by atoms with Crippen LogP contribution in [0.3, 0.4) is 0 Å². The van der Waals surface area contributed by atoms with E-state index in [2.05, 4.69) is 10.6 Å². The molecule has 0 spiro atoms. The monoisotopic (exact) mass is 498 g/mol. The van der Waals surface area contributed by atoms with Crippen molar-refractivity contribution in [1.82, 2.24) is 0 Å². The second-order valence-electron chi connectivity index (χ2n) is 7.80. The first-order valence-corrected chi connectivity index (χ1v) is 12.2. The summed E-state index contributed by atoms with van der Waals surface area (Å²) in [6, 6.07) is 33.5. The van der Waals surface area contributed by atoms with Crippen molar-refractivity contribution < 1.29 is 19.1 Å². The molecule has 4 aromatic rings. The zero-order valence-corrected chi connectivity index (χ0v) is 20.5. The largest absolute Gasteiger partial charge is 0.497 e. The SMILES string of the molecule is COc1cccc(NC(=O)C(Sc2ccc(NC(=O)COc3ccccc3)cc2)c2ccccc2)c1. The quantitative estimate of drug-likeness (QED) is 0.255. The molecule has 0 aliphatic carbocycles. The van der Waals surface area contributed by atoms with Gasteiger partial charge in [0.05, 0.1) is 7.11 Å². The molecule has 0 saturated carbocycles. The Morgan fingerprint density at radius 2 is 1.42 bits per heavy atom. The first-order chi connectivity index (χ1) is 17.6. The summed E-state index contributed by atoms with van der Waals surface area (Å²) >= 11 is 1.43. The normalized spacial score (nSPS) is 11.2. The Bertz CT molecular complexity index is 1280. The number of hydrogen-bond acceptors (Lipinski definition) is 5. The van der Waals surface area contributed by atoms with Crippen LogP contribution in [-0.2, 0) is 9.59 Å². The number of anilines is 2. The van der Waals surface area contributed by atoms with Crippen LogP contribution in [0.15, 0.2) is 114 Å². The number of nitrogens with one attached hydrogen (secondary N) is 2. The zero-order valence-electron chi connectivity index (χ0n) is 19.7. The average Bonchev–Trinajstić information content (AvgIpc) is 2.92. The van der Waals surface area contributed by atoms with E-state index in [0.717, 1.165) is 10.5 Å². The van der Waals surface area contributed by atoms with Gasteiger partial charge in [0, 0.05) is 22.3 Å². The number of carbonyl (C=O) groups excluding carboxylic acids is 2. The van der Waals surface area contributed by atoms with Crippen molar-refractivity contribution in [2.45, 2.75) is 10.1 Å². The van der Waals surface area contributed by atoms with Crippen molar-refractivity contribution in [2.75, 3.05) is 24.4 Å². The Morgan fingerprint density at radius 3 is 2.11 bits per heavy atom. The predicted molar refractivity (Wildman–Crippen MR) is 144 cm³/mol. The van der Waals surface area contributed by atoms with Crippen LogP contribution in [0.1, 0.15) is 10.8 Å². The predicted octanol–water partition coefficient (Wildman–Crippen LogP) is 6.18. The molecule has 4 aromatic carbocycles. The number of amides is 2. The van der Waals surface area contributed by atoms with Crippen molar-refractivity contribution in [1.29, 1.82) is 0 Å². The van der Waals surface area contributed by atoms with Gasteiger partial charge in [-0.15, -0.1) is 11.8 Å². The van der Waals surface area contributed by atoms with Crippen molar-refractivity contribution >= 4 is 35.0 Å². The molecule has 6 nitrogen and oxygen atoms in total. The van der Waals surface area contributed by atoms with Crippen LogP contribution in [0.2, 0.25) is 0 Å². The lowest BCUT2D eigenvalue weighted by molar-refractivity contribution is -0.118. The van der Waals surface area contributed by atoms with Gasteiger partial charge in [-0.05, 0) is 54.1 Å². The highest BCUT2D eigenvalue weighted by Gasteiger charge is 2.22. The van der Waals surface area contributed by atoms with E-state index in [4.69, 9.17) is 9.47 Å². The molecular weight excluding hydrogens is 472 g/mol. The average molecular weight is 499 g/mol. The lowest BCUT2D eigenvalue weighted by Crippen LogP contribution is -2.20. The van der Waals surface area contributed by atoms with Gasteiger partial charge >= 0.3 is 0 Å².